The molecule has 8 nitrogen and oxygen atoms in total. The number of para-hydroxylation sites is 1. The van der Waals surface area contributed by atoms with E-state index in [-0.39, 0.29) is 23.0 Å². The molecule has 0 unspecified atom stereocenters. The predicted molar refractivity (Wildman–Crippen MR) is 130 cm³/mol. The molecule has 0 aliphatic carbocycles. The van der Waals surface area contributed by atoms with Gasteiger partial charge in [-0.2, -0.15) is 0 Å². The zero-order valence-corrected chi connectivity index (χ0v) is 19.9. The van der Waals surface area contributed by atoms with Crippen LogP contribution in [0.2, 0.25) is 0 Å². The van der Waals surface area contributed by atoms with Crippen LogP contribution in [0.3, 0.4) is 0 Å². The molecule has 3 heterocycles. The smallest absolute Gasteiger partial charge is 0.257 e. The summed E-state index contributed by atoms with van der Waals surface area (Å²) in [5.74, 6) is 0.730. The standard InChI is InChI=1S/C26H34N4O4/c1-29-16-18-33-17-5-4-10-26(19-34-22-9-3-2-7-20(22)24(29)31)11-14-30(15-12-26)25(32)21-8-6-13-28-23(21)27/h2-3,6-9,13H,4-5,10-12,14-19H2,1H3,(H2,27,28). The third-order valence-electron chi connectivity index (χ3n) is 7.00. The fourth-order valence-corrected chi connectivity index (χ4v) is 4.73. The van der Waals surface area contributed by atoms with Crippen molar-refractivity contribution in [3.63, 3.8) is 0 Å². The van der Waals surface area contributed by atoms with Crippen molar-refractivity contribution in [2.24, 2.45) is 5.41 Å². The number of pyridine rings is 1. The number of amides is 2. The third-order valence-corrected chi connectivity index (χ3v) is 7.00. The number of carbonyl (C=O) groups excluding carboxylic acids is 2. The highest BCUT2D eigenvalue weighted by Gasteiger charge is 2.37. The quantitative estimate of drug-likeness (QED) is 0.693. The van der Waals surface area contributed by atoms with Gasteiger partial charge in [-0.15, -0.1) is 0 Å². The lowest BCUT2D eigenvalue weighted by Crippen LogP contribution is -2.45. The zero-order valence-electron chi connectivity index (χ0n) is 19.9. The molecule has 2 aliphatic heterocycles. The Morgan fingerprint density at radius 1 is 1.03 bits per heavy atom. The lowest BCUT2D eigenvalue weighted by Gasteiger charge is -2.42. The summed E-state index contributed by atoms with van der Waals surface area (Å²) in [5, 5.41) is 0. The average Bonchev–Trinajstić information content (AvgIpc) is 2.86. The first-order chi connectivity index (χ1) is 16.5. The van der Waals surface area contributed by atoms with Crippen molar-refractivity contribution in [2.75, 3.05) is 52.2 Å². The van der Waals surface area contributed by atoms with E-state index in [1.54, 1.807) is 30.3 Å². The van der Waals surface area contributed by atoms with Gasteiger partial charge in [0.1, 0.15) is 11.6 Å². The Labute approximate surface area is 201 Å². The molecular weight excluding hydrogens is 432 g/mol. The third kappa shape index (κ3) is 5.50. The number of rotatable bonds is 1. The first-order valence-corrected chi connectivity index (χ1v) is 12.0. The number of carbonyl (C=O) groups is 2. The van der Waals surface area contributed by atoms with Crippen LogP contribution in [-0.4, -0.2) is 73.1 Å². The summed E-state index contributed by atoms with van der Waals surface area (Å²) in [7, 11) is 1.79. The van der Waals surface area contributed by atoms with E-state index in [0.29, 0.717) is 56.3 Å². The molecular formula is C26H34N4O4. The molecule has 2 amide bonds. The molecule has 8 heteroatoms. The Morgan fingerprint density at radius 3 is 2.62 bits per heavy atom. The Hall–Kier alpha value is -3.13. The van der Waals surface area contributed by atoms with E-state index in [0.717, 1.165) is 32.1 Å². The van der Waals surface area contributed by atoms with Crippen LogP contribution in [-0.2, 0) is 4.74 Å². The summed E-state index contributed by atoms with van der Waals surface area (Å²) in [6, 6.07) is 10.9. The van der Waals surface area contributed by atoms with Gasteiger partial charge in [0.05, 0.1) is 24.3 Å². The summed E-state index contributed by atoms with van der Waals surface area (Å²) in [6.45, 7) is 3.53. The van der Waals surface area contributed by atoms with Gasteiger partial charge < -0.3 is 25.0 Å². The molecule has 0 bridgehead atoms. The van der Waals surface area contributed by atoms with E-state index < -0.39 is 0 Å². The molecule has 182 valence electrons. The van der Waals surface area contributed by atoms with Gasteiger partial charge in [-0.05, 0) is 49.9 Å². The topological polar surface area (TPSA) is 98.0 Å². The van der Waals surface area contributed by atoms with Crippen LogP contribution < -0.4 is 10.5 Å². The van der Waals surface area contributed by atoms with E-state index in [1.807, 2.05) is 29.2 Å². The van der Waals surface area contributed by atoms with Gasteiger partial charge in [0, 0.05) is 44.9 Å². The predicted octanol–water partition coefficient (Wildman–Crippen LogP) is 3.24. The van der Waals surface area contributed by atoms with E-state index in [9.17, 15) is 9.59 Å². The van der Waals surface area contributed by atoms with Gasteiger partial charge in [0.2, 0.25) is 0 Å². The van der Waals surface area contributed by atoms with E-state index >= 15 is 0 Å². The number of fused-ring (bicyclic) bond motifs is 1. The fourth-order valence-electron chi connectivity index (χ4n) is 4.73. The molecule has 1 saturated heterocycles. The number of nitrogens with two attached hydrogens (primary N) is 1. The van der Waals surface area contributed by atoms with Gasteiger partial charge in [-0.3, -0.25) is 9.59 Å². The number of piperidine rings is 1. The Kier molecular flexibility index (Phi) is 7.67. The van der Waals surface area contributed by atoms with Crippen molar-refractivity contribution in [3.05, 3.63) is 53.7 Å². The molecule has 2 aliphatic rings. The highest BCUT2D eigenvalue weighted by Crippen LogP contribution is 2.38. The van der Waals surface area contributed by atoms with Crippen molar-refractivity contribution in [1.82, 2.24) is 14.8 Å². The minimum Gasteiger partial charge on any atom is -0.492 e. The number of aromatic nitrogens is 1. The highest BCUT2D eigenvalue weighted by atomic mass is 16.5. The van der Waals surface area contributed by atoms with Crippen LogP contribution >= 0.6 is 0 Å². The summed E-state index contributed by atoms with van der Waals surface area (Å²) in [4.78, 5) is 33.6. The first kappa shape index (κ1) is 24.0. The summed E-state index contributed by atoms with van der Waals surface area (Å²) < 4.78 is 12.1. The van der Waals surface area contributed by atoms with Crippen molar-refractivity contribution < 1.29 is 19.1 Å². The molecule has 0 saturated carbocycles. The first-order valence-electron chi connectivity index (χ1n) is 12.0. The lowest BCUT2D eigenvalue weighted by atomic mass is 9.75. The van der Waals surface area contributed by atoms with E-state index in [4.69, 9.17) is 15.2 Å². The van der Waals surface area contributed by atoms with Gasteiger partial charge in [0.15, 0.2) is 0 Å². The number of anilines is 1. The minimum absolute atomic E-state index is 0.0660. The van der Waals surface area contributed by atoms with Crippen molar-refractivity contribution >= 4 is 17.6 Å². The van der Waals surface area contributed by atoms with Crippen molar-refractivity contribution in [3.8, 4) is 5.75 Å². The van der Waals surface area contributed by atoms with Crippen molar-refractivity contribution in [2.45, 2.75) is 32.1 Å². The molecule has 1 spiro atoms. The molecule has 34 heavy (non-hydrogen) atoms. The van der Waals surface area contributed by atoms with Gasteiger partial charge in [-0.1, -0.05) is 18.6 Å². The Morgan fingerprint density at radius 2 is 1.82 bits per heavy atom. The molecule has 2 aromatic rings. The maximum absolute atomic E-state index is 13.0. The highest BCUT2D eigenvalue weighted by molar-refractivity contribution is 5.98. The maximum atomic E-state index is 13.0. The van der Waals surface area contributed by atoms with E-state index in [2.05, 4.69) is 4.98 Å². The van der Waals surface area contributed by atoms with Crippen molar-refractivity contribution in [1.29, 1.82) is 0 Å². The molecule has 0 atom stereocenters. The van der Waals surface area contributed by atoms with Gasteiger partial charge >= 0.3 is 0 Å². The van der Waals surface area contributed by atoms with Crippen LogP contribution in [0.15, 0.2) is 42.6 Å². The van der Waals surface area contributed by atoms with E-state index in [1.165, 1.54) is 0 Å². The minimum atomic E-state index is -0.0744. The Balaban J connectivity index is 1.50. The summed E-state index contributed by atoms with van der Waals surface area (Å²) in [6.07, 6.45) is 6.23. The Bertz CT molecular complexity index is 1000. The fraction of sp³-hybridized carbons (Fsp3) is 0.500. The number of hydrogen-bond acceptors (Lipinski definition) is 6. The van der Waals surface area contributed by atoms with Crippen LogP contribution in [0.5, 0.6) is 5.75 Å². The number of ether oxygens (including phenoxy) is 2. The molecule has 1 aromatic carbocycles. The largest absolute Gasteiger partial charge is 0.492 e. The normalized spacial score (nSPS) is 19.7. The number of nitrogens with zero attached hydrogens (tertiary/aromatic N) is 3. The van der Waals surface area contributed by atoms with Crippen LogP contribution in [0.1, 0.15) is 52.8 Å². The molecule has 4 rings (SSSR count). The number of benzene rings is 1. The van der Waals surface area contributed by atoms with Crippen LogP contribution in [0.25, 0.3) is 0 Å². The number of hydrogen-bond donors (Lipinski definition) is 1. The maximum Gasteiger partial charge on any atom is 0.257 e. The summed E-state index contributed by atoms with van der Waals surface area (Å²) in [5.41, 5.74) is 6.88. The zero-order chi connectivity index (χ0) is 24.0. The van der Waals surface area contributed by atoms with Crippen LogP contribution in [0, 0.1) is 5.41 Å². The average molecular weight is 467 g/mol. The molecule has 0 radical (unpaired) electrons. The number of likely N-dealkylation sites (tertiary alicyclic amines) is 1. The molecule has 1 aromatic heterocycles. The second-order valence-corrected chi connectivity index (χ2v) is 9.31. The molecule has 2 N–H and O–H groups in total. The number of nitrogen functional groups attached to an aromatic ring is 1. The monoisotopic (exact) mass is 466 g/mol. The molecule has 1 fully saturated rings. The number of likely N-dealkylation sites (N-methyl/N-ethyl adjacent to an activating group) is 1. The van der Waals surface area contributed by atoms with Crippen LogP contribution in [0.4, 0.5) is 5.82 Å². The second kappa shape index (κ2) is 10.9. The van der Waals surface area contributed by atoms with Gasteiger partial charge in [0.25, 0.3) is 11.8 Å². The summed E-state index contributed by atoms with van der Waals surface area (Å²) >= 11 is 0. The second-order valence-electron chi connectivity index (χ2n) is 9.31. The van der Waals surface area contributed by atoms with Gasteiger partial charge in [-0.25, -0.2) is 4.98 Å². The SMILES string of the molecule is CN1CCOCCCCC2(CCN(C(=O)c3cccnc3N)CC2)COc2ccccc2C1=O. The lowest BCUT2D eigenvalue weighted by molar-refractivity contribution is 0.0329.